The summed E-state index contributed by atoms with van der Waals surface area (Å²) in [6.45, 7) is 0.913. The first kappa shape index (κ1) is 13.9. The number of nitrogens with zero attached hydrogens (tertiary/aromatic N) is 1. The summed E-state index contributed by atoms with van der Waals surface area (Å²) >= 11 is 0. The van der Waals surface area contributed by atoms with Gasteiger partial charge < -0.3 is 10.6 Å². The molecule has 0 aliphatic carbocycles. The summed E-state index contributed by atoms with van der Waals surface area (Å²) < 4.78 is 0. The third-order valence-electron chi connectivity index (χ3n) is 4.74. The van der Waals surface area contributed by atoms with Crippen molar-refractivity contribution in [2.75, 3.05) is 17.7 Å². The molecule has 1 atom stereocenters. The van der Waals surface area contributed by atoms with E-state index in [1.807, 2.05) is 12.1 Å². The summed E-state index contributed by atoms with van der Waals surface area (Å²) in [5.41, 5.74) is 13.7. The third kappa shape index (κ3) is 2.27. The van der Waals surface area contributed by atoms with Crippen molar-refractivity contribution in [2.24, 2.45) is 0 Å². The van der Waals surface area contributed by atoms with Crippen LogP contribution in [0.4, 0.5) is 11.4 Å². The molecule has 0 saturated heterocycles. The highest BCUT2D eigenvalue weighted by atomic mass is 15.1. The maximum atomic E-state index is 6.34. The molecule has 0 fully saturated rings. The van der Waals surface area contributed by atoms with Gasteiger partial charge in [-0.2, -0.15) is 0 Å². The highest BCUT2D eigenvalue weighted by Gasteiger charge is 2.27. The van der Waals surface area contributed by atoms with E-state index in [0.29, 0.717) is 0 Å². The second-order valence-electron chi connectivity index (χ2n) is 6.18. The molecule has 23 heavy (non-hydrogen) atoms. The molecular formula is C21H20N2. The molecule has 1 aliphatic rings. The van der Waals surface area contributed by atoms with E-state index in [1.54, 1.807) is 0 Å². The van der Waals surface area contributed by atoms with Gasteiger partial charge in [0.1, 0.15) is 0 Å². The van der Waals surface area contributed by atoms with Gasteiger partial charge in [-0.3, -0.25) is 0 Å². The summed E-state index contributed by atoms with van der Waals surface area (Å²) in [6, 6.07) is 25.6. The summed E-state index contributed by atoms with van der Waals surface area (Å²) in [7, 11) is 2.16. The molecule has 2 N–H and O–H groups in total. The van der Waals surface area contributed by atoms with Gasteiger partial charge in [-0.15, -0.1) is 0 Å². The first-order valence-corrected chi connectivity index (χ1v) is 7.98. The summed E-state index contributed by atoms with van der Waals surface area (Å²) in [5, 5.41) is 0. The van der Waals surface area contributed by atoms with Gasteiger partial charge in [-0.25, -0.2) is 0 Å². The zero-order valence-electron chi connectivity index (χ0n) is 13.2. The van der Waals surface area contributed by atoms with Crippen LogP contribution in [-0.4, -0.2) is 7.05 Å². The molecular weight excluding hydrogens is 280 g/mol. The smallest absolute Gasteiger partial charge is 0.0429 e. The lowest BCUT2D eigenvalue weighted by molar-refractivity contribution is 0.923. The minimum absolute atomic E-state index is 0.175. The maximum absolute atomic E-state index is 6.34. The molecule has 0 saturated carbocycles. The predicted octanol–water partition coefficient (Wildman–Crippen LogP) is 4.40. The highest BCUT2D eigenvalue weighted by Crippen LogP contribution is 2.43. The van der Waals surface area contributed by atoms with Gasteiger partial charge in [-0.05, 0) is 34.4 Å². The standard InChI is InChI=1S/C21H20N2/c1-23-14-15-8-2-3-9-16(15)21(17-10-4-6-12-19(17)22)18-11-5-7-13-20(18)23/h2-13,21H,14,22H2,1H3. The molecule has 2 heteroatoms. The lowest BCUT2D eigenvalue weighted by Crippen LogP contribution is -2.16. The van der Waals surface area contributed by atoms with Crippen LogP contribution in [0.5, 0.6) is 0 Å². The van der Waals surface area contributed by atoms with E-state index in [0.717, 1.165) is 12.2 Å². The number of nitrogens with two attached hydrogens (primary N) is 1. The average molecular weight is 300 g/mol. The Hall–Kier alpha value is -2.74. The van der Waals surface area contributed by atoms with Crippen LogP contribution in [0.1, 0.15) is 28.2 Å². The zero-order chi connectivity index (χ0) is 15.8. The fourth-order valence-electron chi connectivity index (χ4n) is 3.66. The molecule has 0 amide bonds. The summed E-state index contributed by atoms with van der Waals surface area (Å²) in [4.78, 5) is 2.33. The Kier molecular flexibility index (Phi) is 3.30. The number of para-hydroxylation sites is 2. The van der Waals surface area contributed by atoms with Crippen molar-refractivity contribution in [3.8, 4) is 0 Å². The van der Waals surface area contributed by atoms with Crippen molar-refractivity contribution in [3.05, 3.63) is 95.1 Å². The van der Waals surface area contributed by atoms with Crippen molar-refractivity contribution in [2.45, 2.75) is 12.5 Å². The molecule has 0 aromatic heterocycles. The third-order valence-corrected chi connectivity index (χ3v) is 4.74. The Labute approximate surface area is 137 Å². The van der Waals surface area contributed by atoms with E-state index in [4.69, 9.17) is 5.73 Å². The Balaban J connectivity index is 2.04. The molecule has 0 radical (unpaired) electrons. The number of hydrogen-bond donors (Lipinski definition) is 1. The average Bonchev–Trinajstić information content (AvgIpc) is 2.70. The molecule has 0 spiro atoms. The van der Waals surface area contributed by atoms with Crippen LogP contribution in [0.3, 0.4) is 0 Å². The minimum Gasteiger partial charge on any atom is -0.398 e. The number of nitrogen functional groups attached to an aromatic ring is 1. The molecule has 114 valence electrons. The molecule has 1 heterocycles. The van der Waals surface area contributed by atoms with Crippen LogP contribution in [0, 0.1) is 0 Å². The molecule has 3 aromatic rings. The number of rotatable bonds is 1. The van der Waals surface area contributed by atoms with Gasteiger partial charge in [0.2, 0.25) is 0 Å². The van der Waals surface area contributed by atoms with Crippen molar-refractivity contribution in [3.63, 3.8) is 0 Å². The Morgan fingerprint density at radius 1 is 0.783 bits per heavy atom. The lowest BCUT2D eigenvalue weighted by atomic mass is 9.82. The fraction of sp³-hybridized carbons (Fsp3) is 0.143. The number of fused-ring (bicyclic) bond motifs is 2. The lowest BCUT2D eigenvalue weighted by Gasteiger charge is -2.23. The molecule has 0 bridgehead atoms. The molecule has 4 rings (SSSR count). The fourth-order valence-corrected chi connectivity index (χ4v) is 3.66. The zero-order valence-corrected chi connectivity index (χ0v) is 13.2. The van der Waals surface area contributed by atoms with E-state index in [9.17, 15) is 0 Å². The van der Waals surface area contributed by atoms with E-state index in [1.165, 1.54) is 27.9 Å². The second-order valence-corrected chi connectivity index (χ2v) is 6.18. The quantitative estimate of drug-likeness (QED) is 0.675. The van der Waals surface area contributed by atoms with Crippen molar-refractivity contribution in [1.29, 1.82) is 0 Å². The molecule has 1 aliphatic heterocycles. The maximum Gasteiger partial charge on any atom is 0.0429 e. The minimum atomic E-state index is 0.175. The van der Waals surface area contributed by atoms with Crippen LogP contribution in [0.2, 0.25) is 0 Å². The Morgan fingerprint density at radius 2 is 1.39 bits per heavy atom. The first-order valence-electron chi connectivity index (χ1n) is 7.98. The van der Waals surface area contributed by atoms with E-state index >= 15 is 0 Å². The van der Waals surface area contributed by atoms with Gasteiger partial charge in [0.05, 0.1) is 0 Å². The van der Waals surface area contributed by atoms with Crippen LogP contribution < -0.4 is 10.6 Å². The largest absolute Gasteiger partial charge is 0.398 e. The van der Waals surface area contributed by atoms with Gasteiger partial charge in [-0.1, -0.05) is 60.7 Å². The van der Waals surface area contributed by atoms with Crippen LogP contribution >= 0.6 is 0 Å². The summed E-state index contributed by atoms with van der Waals surface area (Å²) in [6.07, 6.45) is 0. The highest BCUT2D eigenvalue weighted by molar-refractivity contribution is 5.66. The van der Waals surface area contributed by atoms with Crippen molar-refractivity contribution in [1.82, 2.24) is 0 Å². The van der Waals surface area contributed by atoms with Gasteiger partial charge in [0.25, 0.3) is 0 Å². The predicted molar refractivity (Wildman–Crippen MR) is 96.8 cm³/mol. The van der Waals surface area contributed by atoms with E-state index in [2.05, 4.69) is 72.6 Å². The number of anilines is 2. The van der Waals surface area contributed by atoms with E-state index in [-0.39, 0.29) is 5.92 Å². The van der Waals surface area contributed by atoms with Gasteiger partial charge in [0, 0.05) is 30.9 Å². The van der Waals surface area contributed by atoms with Gasteiger partial charge >= 0.3 is 0 Å². The topological polar surface area (TPSA) is 29.3 Å². The molecule has 2 nitrogen and oxygen atoms in total. The Morgan fingerprint density at radius 3 is 2.17 bits per heavy atom. The van der Waals surface area contributed by atoms with Crippen LogP contribution in [0.15, 0.2) is 72.8 Å². The number of benzene rings is 3. The van der Waals surface area contributed by atoms with Gasteiger partial charge in [0.15, 0.2) is 0 Å². The van der Waals surface area contributed by atoms with Crippen molar-refractivity contribution < 1.29 is 0 Å². The SMILES string of the molecule is CN1Cc2ccccc2C(c2ccccc2N)c2ccccc21. The van der Waals surface area contributed by atoms with Crippen molar-refractivity contribution >= 4 is 11.4 Å². The first-order chi connectivity index (χ1) is 11.3. The monoisotopic (exact) mass is 300 g/mol. The molecule has 3 aromatic carbocycles. The van der Waals surface area contributed by atoms with E-state index < -0.39 is 0 Å². The second kappa shape index (κ2) is 5.47. The van der Waals surface area contributed by atoms with Crippen LogP contribution in [0.25, 0.3) is 0 Å². The Bertz CT molecular complexity index is 854. The number of hydrogen-bond acceptors (Lipinski definition) is 2. The summed E-state index contributed by atoms with van der Waals surface area (Å²) in [5.74, 6) is 0.175. The van der Waals surface area contributed by atoms with Crippen LogP contribution in [-0.2, 0) is 6.54 Å². The molecule has 1 unspecified atom stereocenters. The normalized spacial score (nSPS) is 16.4.